The van der Waals surface area contributed by atoms with Gasteiger partial charge in [-0.15, -0.1) is 0 Å². The Morgan fingerprint density at radius 2 is 2.00 bits per heavy atom. The van der Waals surface area contributed by atoms with Crippen molar-refractivity contribution in [2.75, 3.05) is 6.54 Å². The SMILES string of the molecule is CCNC1C(Oc2ccccc2C(C)CC)CCC1(C)C. The molecule has 118 valence electrons. The Kier molecular flexibility index (Phi) is 5.32. The van der Waals surface area contributed by atoms with Crippen LogP contribution in [0.4, 0.5) is 0 Å². The van der Waals surface area contributed by atoms with Crippen LogP contribution in [0, 0.1) is 5.41 Å². The van der Waals surface area contributed by atoms with Crippen LogP contribution < -0.4 is 10.1 Å². The van der Waals surface area contributed by atoms with Crippen LogP contribution in [0.5, 0.6) is 5.75 Å². The zero-order chi connectivity index (χ0) is 15.5. The van der Waals surface area contributed by atoms with Gasteiger partial charge in [-0.25, -0.2) is 0 Å². The van der Waals surface area contributed by atoms with E-state index >= 15 is 0 Å². The second-order valence-electron chi connectivity index (χ2n) is 7.07. The molecule has 0 heterocycles. The standard InChI is InChI=1S/C19H31NO/c1-6-14(3)15-10-8-9-11-16(15)21-17-12-13-19(4,5)18(17)20-7-2/h8-11,14,17-18,20H,6-7,12-13H2,1-5H3. The zero-order valence-electron chi connectivity index (χ0n) is 14.3. The lowest BCUT2D eigenvalue weighted by atomic mass is 9.87. The maximum atomic E-state index is 6.47. The molecule has 21 heavy (non-hydrogen) atoms. The second kappa shape index (κ2) is 6.83. The molecule has 2 nitrogen and oxygen atoms in total. The summed E-state index contributed by atoms with van der Waals surface area (Å²) < 4.78 is 6.47. The van der Waals surface area contributed by atoms with Gasteiger partial charge in [-0.3, -0.25) is 0 Å². The van der Waals surface area contributed by atoms with Crippen molar-refractivity contribution in [2.45, 2.75) is 71.9 Å². The van der Waals surface area contributed by atoms with Crippen molar-refractivity contribution in [2.24, 2.45) is 5.41 Å². The lowest BCUT2D eigenvalue weighted by Gasteiger charge is -2.32. The Balaban J connectivity index is 2.18. The van der Waals surface area contributed by atoms with Gasteiger partial charge in [0.05, 0.1) is 0 Å². The molecule has 0 saturated heterocycles. The van der Waals surface area contributed by atoms with E-state index < -0.39 is 0 Å². The van der Waals surface area contributed by atoms with E-state index in [4.69, 9.17) is 4.74 Å². The number of ether oxygens (including phenoxy) is 1. The molecule has 3 atom stereocenters. The number of nitrogens with one attached hydrogen (secondary N) is 1. The van der Waals surface area contributed by atoms with E-state index in [2.05, 4.69) is 64.2 Å². The molecule has 1 saturated carbocycles. The molecule has 1 N–H and O–H groups in total. The highest BCUT2D eigenvalue weighted by molar-refractivity contribution is 5.36. The molecule has 1 aromatic carbocycles. The van der Waals surface area contributed by atoms with Gasteiger partial charge in [-0.1, -0.05) is 52.8 Å². The fourth-order valence-electron chi connectivity index (χ4n) is 3.47. The van der Waals surface area contributed by atoms with Crippen LogP contribution >= 0.6 is 0 Å². The molecule has 1 aromatic rings. The van der Waals surface area contributed by atoms with Crippen molar-refractivity contribution in [1.82, 2.24) is 5.32 Å². The monoisotopic (exact) mass is 289 g/mol. The van der Waals surface area contributed by atoms with E-state index in [1.807, 2.05) is 0 Å². The molecule has 2 heteroatoms. The van der Waals surface area contributed by atoms with Crippen molar-refractivity contribution < 1.29 is 4.74 Å². The number of likely N-dealkylation sites (N-methyl/N-ethyl adjacent to an activating group) is 1. The third-order valence-corrected chi connectivity index (χ3v) is 5.05. The molecular formula is C19H31NO. The highest BCUT2D eigenvalue weighted by Gasteiger charge is 2.43. The minimum atomic E-state index is 0.283. The lowest BCUT2D eigenvalue weighted by molar-refractivity contribution is 0.140. The number of hydrogen-bond donors (Lipinski definition) is 1. The van der Waals surface area contributed by atoms with Crippen LogP contribution in [0.15, 0.2) is 24.3 Å². The summed E-state index contributed by atoms with van der Waals surface area (Å²) in [5, 5.41) is 3.64. The molecule has 0 amide bonds. The van der Waals surface area contributed by atoms with Crippen molar-refractivity contribution in [1.29, 1.82) is 0 Å². The number of rotatable bonds is 6. The van der Waals surface area contributed by atoms with Crippen LogP contribution in [-0.2, 0) is 0 Å². The maximum Gasteiger partial charge on any atom is 0.123 e. The maximum absolute atomic E-state index is 6.47. The number of benzene rings is 1. The van der Waals surface area contributed by atoms with E-state index in [0.29, 0.717) is 17.4 Å². The third kappa shape index (κ3) is 3.60. The Bertz CT molecular complexity index is 455. The molecule has 0 radical (unpaired) electrons. The van der Waals surface area contributed by atoms with Crippen molar-refractivity contribution >= 4 is 0 Å². The highest BCUT2D eigenvalue weighted by atomic mass is 16.5. The van der Waals surface area contributed by atoms with Crippen molar-refractivity contribution in [3.63, 3.8) is 0 Å². The van der Waals surface area contributed by atoms with Gasteiger partial charge < -0.3 is 10.1 Å². The predicted molar refractivity (Wildman–Crippen MR) is 90.0 cm³/mol. The first kappa shape index (κ1) is 16.4. The van der Waals surface area contributed by atoms with E-state index in [1.54, 1.807) is 0 Å². The average molecular weight is 289 g/mol. The van der Waals surface area contributed by atoms with Crippen LogP contribution in [0.2, 0.25) is 0 Å². The normalized spacial score (nSPS) is 25.8. The van der Waals surface area contributed by atoms with Crippen LogP contribution in [0.25, 0.3) is 0 Å². The number of hydrogen-bond acceptors (Lipinski definition) is 2. The summed E-state index contributed by atoms with van der Waals surface area (Å²) in [6.45, 7) is 12.4. The Labute approximate surface area is 130 Å². The summed E-state index contributed by atoms with van der Waals surface area (Å²) in [4.78, 5) is 0. The summed E-state index contributed by atoms with van der Waals surface area (Å²) in [5.41, 5.74) is 1.66. The van der Waals surface area contributed by atoms with Gasteiger partial charge in [0.2, 0.25) is 0 Å². The Morgan fingerprint density at radius 1 is 1.29 bits per heavy atom. The minimum Gasteiger partial charge on any atom is -0.488 e. The van der Waals surface area contributed by atoms with Gasteiger partial charge in [0.1, 0.15) is 11.9 Å². The van der Waals surface area contributed by atoms with E-state index in [1.165, 1.54) is 12.0 Å². The molecule has 0 spiro atoms. The van der Waals surface area contributed by atoms with Gasteiger partial charge in [-0.2, -0.15) is 0 Å². The van der Waals surface area contributed by atoms with Crippen LogP contribution in [0.3, 0.4) is 0 Å². The molecule has 1 aliphatic carbocycles. The van der Waals surface area contributed by atoms with Gasteiger partial charge in [0.15, 0.2) is 0 Å². The molecule has 0 aromatic heterocycles. The third-order valence-electron chi connectivity index (χ3n) is 5.05. The van der Waals surface area contributed by atoms with E-state index in [-0.39, 0.29) is 6.10 Å². The topological polar surface area (TPSA) is 21.3 Å². The fraction of sp³-hybridized carbons (Fsp3) is 0.684. The van der Waals surface area contributed by atoms with Crippen LogP contribution in [0.1, 0.15) is 65.4 Å². The fourth-order valence-corrected chi connectivity index (χ4v) is 3.47. The molecule has 0 aliphatic heterocycles. The van der Waals surface area contributed by atoms with Crippen LogP contribution in [-0.4, -0.2) is 18.7 Å². The molecule has 2 rings (SSSR count). The highest BCUT2D eigenvalue weighted by Crippen LogP contribution is 2.40. The molecule has 1 aliphatic rings. The largest absolute Gasteiger partial charge is 0.488 e. The Hall–Kier alpha value is -1.02. The summed E-state index contributed by atoms with van der Waals surface area (Å²) in [7, 11) is 0. The molecular weight excluding hydrogens is 258 g/mol. The summed E-state index contributed by atoms with van der Waals surface area (Å²) in [6.07, 6.45) is 3.79. The number of para-hydroxylation sites is 1. The summed E-state index contributed by atoms with van der Waals surface area (Å²) in [5.74, 6) is 1.63. The van der Waals surface area contributed by atoms with Gasteiger partial charge in [0, 0.05) is 6.04 Å². The predicted octanol–water partition coefficient (Wildman–Crippen LogP) is 4.75. The minimum absolute atomic E-state index is 0.283. The first-order valence-electron chi connectivity index (χ1n) is 8.48. The Morgan fingerprint density at radius 3 is 2.67 bits per heavy atom. The molecule has 3 unspecified atom stereocenters. The first-order chi connectivity index (χ1) is 9.99. The first-order valence-corrected chi connectivity index (χ1v) is 8.48. The zero-order valence-corrected chi connectivity index (χ0v) is 14.3. The molecule has 1 fully saturated rings. The van der Waals surface area contributed by atoms with Gasteiger partial charge >= 0.3 is 0 Å². The van der Waals surface area contributed by atoms with E-state index in [0.717, 1.165) is 25.1 Å². The van der Waals surface area contributed by atoms with Gasteiger partial charge in [0.25, 0.3) is 0 Å². The smallest absolute Gasteiger partial charge is 0.123 e. The van der Waals surface area contributed by atoms with E-state index in [9.17, 15) is 0 Å². The second-order valence-corrected chi connectivity index (χ2v) is 7.07. The van der Waals surface area contributed by atoms with Gasteiger partial charge in [-0.05, 0) is 48.8 Å². The molecule has 0 bridgehead atoms. The average Bonchev–Trinajstić information content (AvgIpc) is 2.75. The summed E-state index contributed by atoms with van der Waals surface area (Å²) in [6, 6.07) is 8.99. The lowest BCUT2D eigenvalue weighted by Crippen LogP contribution is -2.46. The van der Waals surface area contributed by atoms with Crippen molar-refractivity contribution in [3.05, 3.63) is 29.8 Å². The summed E-state index contributed by atoms with van der Waals surface area (Å²) >= 11 is 0. The van der Waals surface area contributed by atoms with Crippen molar-refractivity contribution in [3.8, 4) is 5.75 Å². The quantitative estimate of drug-likeness (QED) is 0.816.